The third-order valence-electron chi connectivity index (χ3n) is 4.02. The summed E-state index contributed by atoms with van der Waals surface area (Å²) in [5, 5.41) is 0. The molecule has 0 saturated carbocycles. The Labute approximate surface area is 154 Å². The average Bonchev–Trinajstić information content (AvgIpc) is 3.17. The van der Waals surface area contributed by atoms with Crippen LogP contribution in [0.2, 0.25) is 0 Å². The fourth-order valence-corrected chi connectivity index (χ4v) is 3.49. The monoisotopic (exact) mass is 371 g/mol. The molecule has 26 heavy (non-hydrogen) atoms. The van der Waals surface area contributed by atoms with E-state index in [1.165, 1.54) is 11.3 Å². The number of esters is 1. The van der Waals surface area contributed by atoms with Gasteiger partial charge in [-0.15, -0.1) is 11.3 Å². The van der Waals surface area contributed by atoms with Crippen LogP contribution in [0.4, 0.5) is 0 Å². The number of ketones is 1. The molecule has 2 amide bonds. The number of ether oxygens (including phenoxy) is 1. The van der Waals surface area contributed by atoms with Gasteiger partial charge in [-0.3, -0.25) is 24.1 Å². The van der Waals surface area contributed by atoms with Crippen LogP contribution in [0.15, 0.2) is 36.4 Å². The van der Waals surface area contributed by atoms with Crippen molar-refractivity contribution in [1.29, 1.82) is 0 Å². The summed E-state index contributed by atoms with van der Waals surface area (Å²) in [6, 6.07) is 10.2. The van der Waals surface area contributed by atoms with Gasteiger partial charge >= 0.3 is 5.97 Å². The van der Waals surface area contributed by atoms with E-state index < -0.39 is 5.97 Å². The topological polar surface area (TPSA) is 80.8 Å². The number of nitrogens with zero attached hydrogens (tertiary/aromatic N) is 1. The van der Waals surface area contributed by atoms with Gasteiger partial charge < -0.3 is 4.74 Å². The fourth-order valence-electron chi connectivity index (χ4n) is 2.70. The van der Waals surface area contributed by atoms with Gasteiger partial charge in [-0.1, -0.05) is 12.1 Å². The molecule has 0 radical (unpaired) electrons. The summed E-state index contributed by atoms with van der Waals surface area (Å²) in [6.45, 7) is 1.73. The number of amides is 2. The second-order valence-electron chi connectivity index (χ2n) is 5.91. The molecule has 0 saturated heterocycles. The van der Waals surface area contributed by atoms with E-state index >= 15 is 0 Å². The number of fused-ring (bicyclic) bond motifs is 1. The number of imide groups is 1. The van der Waals surface area contributed by atoms with Gasteiger partial charge in [0.15, 0.2) is 6.61 Å². The highest BCUT2D eigenvalue weighted by atomic mass is 32.1. The smallest absolute Gasteiger partial charge is 0.306 e. The van der Waals surface area contributed by atoms with E-state index in [1.54, 1.807) is 30.3 Å². The van der Waals surface area contributed by atoms with Crippen LogP contribution in [-0.2, 0) is 9.53 Å². The van der Waals surface area contributed by atoms with Gasteiger partial charge in [0.25, 0.3) is 11.8 Å². The molecule has 0 atom stereocenters. The summed E-state index contributed by atoms with van der Waals surface area (Å²) >= 11 is 1.35. The number of hydrogen-bond acceptors (Lipinski definition) is 6. The van der Waals surface area contributed by atoms with Crippen molar-refractivity contribution in [3.8, 4) is 0 Å². The molecule has 0 unspecified atom stereocenters. The molecule has 1 aliphatic heterocycles. The maximum absolute atomic E-state index is 12.2. The lowest BCUT2D eigenvalue weighted by atomic mass is 10.1. The highest BCUT2D eigenvalue weighted by Crippen LogP contribution is 2.22. The van der Waals surface area contributed by atoms with Crippen molar-refractivity contribution in [3.05, 3.63) is 57.3 Å². The van der Waals surface area contributed by atoms with Crippen LogP contribution in [0.3, 0.4) is 0 Å². The van der Waals surface area contributed by atoms with Crippen LogP contribution in [0, 0.1) is 6.92 Å². The van der Waals surface area contributed by atoms with Crippen molar-refractivity contribution in [2.45, 2.75) is 19.8 Å². The molecular formula is C19H17NO5S. The quantitative estimate of drug-likeness (QED) is 0.425. The lowest BCUT2D eigenvalue weighted by molar-refractivity contribution is -0.142. The van der Waals surface area contributed by atoms with Crippen LogP contribution in [0.25, 0.3) is 0 Å². The van der Waals surface area contributed by atoms with Crippen LogP contribution < -0.4 is 0 Å². The van der Waals surface area contributed by atoms with Crippen molar-refractivity contribution >= 4 is 34.9 Å². The van der Waals surface area contributed by atoms with E-state index in [0.29, 0.717) is 16.0 Å². The number of hydrogen-bond donors (Lipinski definition) is 0. The first kappa shape index (κ1) is 18.0. The van der Waals surface area contributed by atoms with Gasteiger partial charge in [-0.2, -0.15) is 0 Å². The number of carbonyl (C=O) groups is 4. The summed E-state index contributed by atoms with van der Waals surface area (Å²) in [6.07, 6.45) is 0.320. The first-order chi connectivity index (χ1) is 12.5. The largest absolute Gasteiger partial charge is 0.457 e. The Hall–Kier alpha value is -2.80. The lowest BCUT2D eigenvalue weighted by Crippen LogP contribution is -2.31. The number of rotatable bonds is 7. The van der Waals surface area contributed by atoms with Gasteiger partial charge in [0.2, 0.25) is 5.78 Å². The van der Waals surface area contributed by atoms with E-state index in [4.69, 9.17) is 4.74 Å². The molecule has 0 N–H and O–H groups in total. The van der Waals surface area contributed by atoms with Crippen LogP contribution >= 0.6 is 11.3 Å². The highest BCUT2D eigenvalue weighted by Gasteiger charge is 2.34. The molecule has 2 heterocycles. The van der Waals surface area contributed by atoms with Gasteiger partial charge in [-0.25, -0.2) is 0 Å². The molecule has 7 heteroatoms. The molecule has 0 spiro atoms. The molecule has 0 fully saturated rings. The van der Waals surface area contributed by atoms with Crippen molar-refractivity contribution in [1.82, 2.24) is 4.90 Å². The molecule has 3 rings (SSSR count). The van der Waals surface area contributed by atoms with Crippen molar-refractivity contribution in [2.75, 3.05) is 13.2 Å². The zero-order chi connectivity index (χ0) is 18.7. The fraction of sp³-hybridized carbons (Fsp3) is 0.263. The summed E-state index contributed by atoms with van der Waals surface area (Å²) in [7, 11) is 0. The first-order valence-corrected chi connectivity index (χ1v) is 8.99. The van der Waals surface area contributed by atoms with Crippen molar-refractivity contribution in [2.24, 2.45) is 0 Å². The molecule has 134 valence electrons. The van der Waals surface area contributed by atoms with Crippen LogP contribution in [-0.4, -0.2) is 41.6 Å². The second kappa shape index (κ2) is 7.61. The van der Waals surface area contributed by atoms with Gasteiger partial charge in [0, 0.05) is 17.8 Å². The van der Waals surface area contributed by atoms with Gasteiger partial charge in [0.05, 0.1) is 16.0 Å². The van der Waals surface area contributed by atoms with E-state index in [0.717, 1.165) is 9.78 Å². The van der Waals surface area contributed by atoms with Crippen molar-refractivity contribution in [3.63, 3.8) is 0 Å². The maximum Gasteiger partial charge on any atom is 0.306 e. The molecule has 2 aromatic rings. The first-order valence-electron chi connectivity index (χ1n) is 8.18. The predicted octanol–water partition coefficient (Wildman–Crippen LogP) is 2.86. The standard InChI is InChI=1S/C19H17NO5S/c1-12-8-9-16(26-12)15(21)11-25-17(22)7-4-10-20-18(23)13-5-2-3-6-14(13)19(20)24/h2-3,5-6,8-9H,4,7,10-11H2,1H3. The predicted molar refractivity (Wildman–Crippen MR) is 95.4 cm³/mol. The second-order valence-corrected chi connectivity index (χ2v) is 7.19. The minimum Gasteiger partial charge on any atom is -0.457 e. The third kappa shape index (κ3) is 3.72. The molecule has 1 aromatic carbocycles. The molecular weight excluding hydrogens is 354 g/mol. The number of aryl methyl sites for hydroxylation is 1. The Morgan fingerprint density at radius 1 is 1.04 bits per heavy atom. The zero-order valence-corrected chi connectivity index (χ0v) is 15.0. The number of thiophene rings is 1. The van der Waals surface area contributed by atoms with E-state index in [-0.39, 0.29) is 43.6 Å². The average molecular weight is 371 g/mol. The normalized spacial score (nSPS) is 13.0. The lowest BCUT2D eigenvalue weighted by Gasteiger charge is -2.13. The minimum absolute atomic E-state index is 0.0319. The molecule has 0 bridgehead atoms. The molecule has 1 aliphatic rings. The van der Waals surface area contributed by atoms with Crippen LogP contribution in [0.1, 0.15) is 48.1 Å². The maximum atomic E-state index is 12.2. The van der Waals surface area contributed by atoms with Gasteiger partial charge in [-0.05, 0) is 37.6 Å². The Kier molecular flexibility index (Phi) is 5.27. The summed E-state index contributed by atoms with van der Waals surface area (Å²) in [5.41, 5.74) is 0.772. The Balaban J connectivity index is 1.44. The van der Waals surface area contributed by atoms with Crippen molar-refractivity contribution < 1.29 is 23.9 Å². The number of Topliss-reactive ketones (excluding diaryl/α,β-unsaturated/α-hetero) is 1. The minimum atomic E-state index is -0.525. The summed E-state index contributed by atoms with van der Waals surface area (Å²) in [5.74, 6) is -1.45. The summed E-state index contributed by atoms with van der Waals surface area (Å²) < 4.78 is 4.98. The molecule has 6 nitrogen and oxygen atoms in total. The van der Waals surface area contributed by atoms with E-state index in [9.17, 15) is 19.2 Å². The number of carbonyl (C=O) groups excluding carboxylic acids is 4. The Morgan fingerprint density at radius 3 is 2.27 bits per heavy atom. The van der Waals surface area contributed by atoms with Crippen LogP contribution in [0.5, 0.6) is 0 Å². The highest BCUT2D eigenvalue weighted by molar-refractivity contribution is 7.14. The third-order valence-corrected chi connectivity index (χ3v) is 5.06. The number of benzene rings is 1. The Morgan fingerprint density at radius 2 is 1.69 bits per heavy atom. The molecule has 1 aromatic heterocycles. The van der Waals surface area contributed by atoms with Gasteiger partial charge in [0.1, 0.15) is 0 Å². The van der Waals surface area contributed by atoms with E-state index in [2.05, 4.69) is 0 Å². The SMILES string of the molecule is Cc1ccc(C(=O)COC(=O)CCCN2C(=O)c3ccccc3C2=O)s1. The summed E-state index contributed by atoms with van der Waals surface area (Å²) in [4.78, 5) is 50.8. The Bertz CT molecular complexity index is 851. The molecule has 0 aliphatic carbocycles. The van der Waals surface area contributed by atoms with E-state index in [1.807, 2.05) is 13.0 Å². The zero-order valence-electron chi connectivity index (χ0n) is 14.2.